The SMILES string of the molecule is CC(C)(C)NC1CCCCN1.CC(C)(C)NC1CCCCN1.CC(C)(C)NC1CCNCC1.CC(C)(C)NC1CCOCC1.CC(C)(C)NC1CNCCO1.CNC(C)(C)C. The van der Waals surface area contributed by atoms with E-state index in [4.69, 9.17) is 9.47 Å². The van der Waals surface area contributed by atoms with Crippen LogP contribution >= 0.6 is 0 Å². The van der Waals surface area contributed by atoms with Crippen molar-refractivity contribution in [2.75, 3.05) is 66.1 Å². The Bertz CT molecular complexity index is 833. The Morgan fingerprint density at radius 3 is 1.10 bits per heavy atom. The molecule has 10 N–H and O–H groups in total. The number of morpholine rings is 1. The minimum Gasteiger partial charge on any atom is -0.381 e. The lowest BCUT2D eigenvalue weighted by Gasteiger charge is -2.31. The molecule has 5 heterocycles. The number of ether oxygens (including phenoxy) is 2. The fourth-order valence-corrected chi connectivity index (χ4v) is 7.17. The topological polar surface area (TPSA) is 139 Å². The second kappa shape index (κ2) is 30.7. The first-order valence-electron chi connectivity index (χ1n) is 24.6. The van der Waals surface area contributed by atoms with Crippen molar-refractivity contribution in [3.63, 3.8) is 0 Å². The van der Waals surface area contributed by atoms with Crippen molar-refractivity contribution >= 4 is 0 Å². The van der Waals surface area contributed by atoms with E-state index in [0.29, 0.717) is 23.9 Å². The summed E-state index contributed by atoms with van der Waals surface area (Å²) in [5, 5.41) is 34.3. The van der Waals surface area contributed by atoms with Crippen LogP contribution < -0.4 is 53.2 Å². The van der Waals surface area contributed by atoms with Crippen LogP contribution in [0.1, 0.15) is 189 Å². The molecule has 0 spiro atoms. The first kappa shape index (κ1) is 60.5. The van der Waals surface area contributed by atoms with Gasteiger partial charge in [0.25, 0.3) is 0 Å². The number of piperidine rings is 3. The molecular weight excluding hydrogens is 761 g/mol. The van der Waals surface area contributed by atoms with E-state index in [9.17, 15) is 0 Å². The lowest BCUT2D eigenvalue weighted by molar-refractivity contribution is -0.00779. The van der Waals surface area contributed by atoms with Gasteiger partial charge in [0, 0.05) is 71.6 Å². The van der Waals surface area contributed by atoms with Crippen molar-refractivity contribution in [2.45, 2.75) is 253 Å². The zero-order chi connectivity index (χ0) is 46.8. The Morgan fingerprint density at radius 2 is 0.787 bits per heavy atom. The van der Waals surface area contributed by atoms with Gasteiger partial charge in [-0.3, -0.25) is 16.0 Å². The van der Waals surface area contributed by atoms with Gasteiger partial charge in [-0.2, -0.15) is 0 Å². The Hall–Kier alpha value is -0.480. The van der Waals surface area contributed by atoms with Gasteiger partial charge < -0.3 is 46.7 Å². The first-order chi connectivity index (χ1) is 28.0. The number of nitrogens with one attached hydrogen (secondary N) is 10. The summed E-state index contributed by atoms with van der Waals surface area (Å²) in [6.07, 6.45) is 14.1. The molecule has 5 rings (SSSR count). The van der Waals surface area contributed by atoms with Gasteiger partial charge >= 0.3 is 0 Å². The molecule has 0 aliphatic carbocycles. The predicted octanol–water partition coefficient (Wildman–Crippen LogP) is 6.95. The third-order valence-corrected chi connectivity index (χ3v) is 9.94. The van der Waals surface area contributed by atoms with E-state index >= 15 is 0 Å². The molecule has 12 heteroatoms. The fraction of sp³-hybridized carbons (Fsp3) is 1.00. The summed E-state index contributed by atoms with van der Waals surface area (Å²) in [6.45, 7) is 48.7. The summed E-state index contributed by atoms with van der Waals surface area (Å²) < 4.78 is 10.8. The van der Waals surface area contributed by atoms with Gasteiger partial charge in [-0.05, 0) is 222 Å². The van der Waals surface area contributed by atoms with Crippen LogP contribution in [0.25, 0.3) is 0 Å². The summed E-state index contributed by atoms with van der Waals surface area (Å²) in [4.78, 5) is 0. The lowest BCUT2D eigenvalue weighted by Crippen LogP contribution is -2.53. The van der Waals surface area contributed by atoms with E-state index in [1.807, 2.05) is 7.05 Å². The molecule has 5 aliphatic heterocycles. The van der Waals surface area contributed by atoms with Gasteiger partial charge in [0.15, 0.2) is 0 Å². The van der Waals surface area contributed by atoms with Crippen LogP contribution in [0.5, 0.6) is 0 Å². The smallest absolute Gasteiger partial charge is 0.121 e. The Labute approximate surface area is 380 Å². The molecule has 0 aromatic heterocycles. The maximum absolute atomic E-state index is 5.48. The van der Waals surface area contributed by atoms with Crippen LogP contribution in [0.3, 0.4) is 0 Å². The standard InChI is InChI=1S/3C9H20N2.C9H19NO.C8H18N2O.C5H13N/c1-9(2,3)11-8-4-6-10-7-5-8;2*1-9(2,3)11-8-6-4-5-7-10-8;1-9(2,3)10-8-4-6-11-7-5-8;1-8(2,3)10-7-6-9-4-5-11-7;1-5(2,3)6-4/h3*8,10-11H,4-7H2,1-3H3;8,10H,4-7H2,1-3H3;7,9-10H,4-6H2,1-3H3;6H,1-4H3. The molecule has 0 radical (unpaired) electrons. The number of rotatable bonds is 5. The molecule has 0 amide bonds. The van der Waals surface area contributed by atoms with Gasteiger partial charge in [-0.25, -0.2) is 0 Å². The quantitative estimate of drug-likeness (QED) is 0.140. The van der Waals surface area contributed by atoms with E-state index in [1.54, 1.807) is 0 Å². The third-order valence-electron chi connectivity index (χ3n) is 9.94. The van der Waals surface area contributed by atoms with E-state index in [1.165, 1.54) is 77.5 Å². The van der Waals surface area contributed by atoms with E-state index in [2.05, 4.69) is 178 Å². The molecule has 5 fully saturated rings. The predicted molar refractivity (Wildman–Crippen MR) is 267 cm³/mol. The van der Waals surface area contributed by atoms with E-state index in [-0.39, 0.29) is 33.9 Å². The van der Waals surface area contributed by atoms with Crippen LogP contribution in [0.15, 0.2) is 0 Å². The average molecular weight is 871 g/mol. The van der Waals surface area contributed by atoms with Gasteiger partial charge in [-0.1, -0.05) is 0 Å². The average Bonchev–Trinajstić information content (AvgIpc) is 3.11. The molecule has 368 valence electrons. The summed E-state index contributed by atoms with van der Waals surface area (Å²) >= 11 is 0. The summed E-state index contributed by atoms with van der Waals surface area (Å²) in [7, 11) is 1.96. The van der Waals surface area contributed by atoms with Crippen LogP contribution in [-0.4, -0.2) is 130 Å². The van der Waals surface area contributed by atoms with E-state index < -0.39 is 0 Å². The van der Waals surface area contributed by atoms with Crippen molar-refractivity contribution < 1.29 is 9.47 Å². The second-order valence-electron chi connectivity index (χ2n) is 24.0. The van der Waals surface area contributed by atoms with Crippen molar-refractivity contribution in [1.82, 2.24) is 53.2 Å². The Balaban J connectivity index is 0.000000715. The highest BCUT2D eigenvalue weighted by Crippen LogP contribution is 2.12. The maximum Gasteiger partial charge on any atom is 0.121 e. The molecule has 3 atom stereocenters. The molecule has 0 aromatic rings. The highest BCUT2D eigenvalue weighted by Gasteiger charge is 2.22. The molecule has 0 aromatic carbocycles. The van der Waals surface area contributed by atoms with Crippen molar-refractivity contribution in [3.8, 4) is 0 Å². The molecule has 61 heavy (non-hydrogen) atoms. The number of hydrogen-bond acceptors (Lipinski definition) is 12. The van der Waals surface area contributed by atoms with Gasteiger partial charge in [0.05, 0.1) is 18.9 Å². The highest BCUT2D eigenvalue weighted by atomic mass is 16.5. The molecule has 0 saturated carbocycles. The molecule has 5 saturated heterocycles. The minimum atomic E-state index is 0.143. The van der Waals surface area contributed by atoms with Crippen molar-refractivity contribution in [2.24, 2.45) is 0 Å². The molecule has 3 unspecified atom stereocenters. The highest BCUT2D eigenvalue weighted by molar-refractivity contribution is 4.83. The summed E-state index contributed by atoms with van der Waals surface area (Å²) in [6, 6.07) is 1.40. The van der Waals surface area contributed by atoms with Crippen molar-refractivity contribution in [3.05, 3.63) is 0 Å². The second-order valence-corrected chi connectivity index (χ2v) is 24.0. The third kappa shape index (κ3) is 43.2. The Morgan fingerprint density at radius 1 is 0.393 bits per heavy atom. The normalized spacial score (nSPS) is 23.8. The zero-order valence-electron chi connectivity index (χ0n) is 44.1. The molecule has 0 bridgehead atoms. The summed E-state index contributed by atoms with van der Waals surface area (Å²) in [5.41, 5.74) is 1.46. The van der Waals surface area contributed by atoms with Crippen LogP contribution in [-0.2, 0) is 9.47 Å². The molecule has 12 nitrogen and oxygen atoms in total. The largest absolute Gasteiger partial charge is 0.381 e. The number of hydrogen-bond donors (Lipinski definition) is 10. The zero-order valence-corrected chi connectivity index (χ0v) is 44.1. The fourth-order valence-electron chi connectivity index (χ4n) is 7.17. The van der Waals surface area contributed by atoms with Gasteiger partial charge in [-0.15, -0.1) is 0 Å². The van der Waals surface area contributed by atoms with Gasteiger partial charge in [0.2, 0.25) is 0 Å². The van der Waals surface area contributed by atoms with Crippen LogP contribution in [0.4, 0.5) is 0 Å². The van der Waals surface area contributed by atoms with E-state index in [0.717, 1.165) is 51.8 Å². The molecule has 5 aliphatic rings. The Kier molecular flexibility index (Phi) is 30.4. The summed E-state index contributed by atoms with van der Waals surface area (Å²) in [5.74, 6) is 0. The molecular formula is C49H110N10O2. The van der Waals surface area contributed by atoms with Crippen LogP contribution in [0, 0.1) is 0 Å². The maximum atomic E-state index is 5.48. The first-order valence-corrected chi connectivity index (χ1v) is 24.6. The minimum absolute atomic E-state index is 0.143. The monoisotopic (exact) mass is 871 g/mol. The lowest BCUT2D eigenvalue weighted by atomic mass is 10.0. The van der Waals surface area contributed by atoms with Gasteiger partial charge in [0.1, 0.15) is 6.23 Å². The van der Waals surface area contributed by atoms with Crippen molar-refractivity contribution in [1.29, 1.82) is 0 Å². The van der Waals surface area contributed by atoms with Crippen LogP contribution in [0.2, 0.25) is 0 Å².